The molecule has 2 atom stereocenters. The average molecular weight is 230 g/mol. The van der Waals surface area contributed by atoms with Gasteiger partial charge in [0.1, 0.15) is 0 Å². The molecule has 0 radical (unpaired) electrons. The highest BCUT2D eigenvalue weighted by molar-refractivity contribution is 5.33. The van der Waals surface area contributed by atoms with Gasteiger partial charge < -0.3 is 5.32 Å². The lowest BCUT2D eigenvalue weighted by atomic mass is 9.79. The Bertz CT molecular complexity index is 382. The summed E-state index contributed by atoms with van der Waals surface area (Å²) in [5, 5.41) is 3.45. The highest BCUT2D eigenvalue weighted by atomic mass is 15.2. The Morgan fingerprint density at radius 1 is 1.18 bits per heavy atom. The lowest BCUT2D eigenvalue weighted by Crippen LogP contribution is -2.51. The SMILES string of the molecule is C[C@@H]1c2ccccc2CC[C@@H]1N1CCNCC1. The fraction of sp³-hybridized carbons (Fsp3) is 0.600. The molecule has 3 rings (SSSR count). The second-order valence-electron chi connectivity index (χ2n) is 5.38. The third kappa shape index (κ3) is 2.12. The van der Waals surface area contributed by atoms with E-state index in [-0.39, 0.29) is 0 Å². The van der Waals surface area contributed by atoms with E-state index in [1.165, 1.54) is 25.9 Å². The summed E-state index contributed by atoms with van der Waals surface area (Å²) in [6.07, 6.45) is 2.59. The molecule has 17 heavy (non-hydrogen) atoms. The maximum absolute atomic E-state index is 3.45. The van der Waals surface area contributed by atoms with Crippen molar-refractivity contribution in [3.05, 3.63) is 35.4 Å². The summed E-state index contributed by atoms with van der Waals surface area (Å²) in [5.74, 6) is 0.693. The lowest BCUT2D eigenvalue weighted by Gasteiger charge is -2.41. The van der Waals surface area contributed by atoms with Gasteiger partial charge in [0, 0.05) is 32.2 Å². The molecule has 0 amide bonds. The molecule has 1 fully saturated rings. The zero-order valence-corrected chi connectivity index (χ0v) is 10.7. The Morgan fingerprint density at radius 2 is 1.94 bits per heavy atom. The van der Waals surface area contributed by atoms with Gasteiger partial charge in [-0.3, -0.25) is 4.90 Å². The first-order valence-electron chi connectivity index (χ1n) is 6.89. The first-order valence-corrected chi connectivity index (χ1v) is 6.89. The summed E-state index contributed by atoms with van der Waals surface area (Å²) in [5.41, 5.74) is 3.16. The van der Waals surface area contributed by atoms with Gasteiger partial charge in [0.05, 0.1) is 0 Å². The van der Waals surface area contributed by atoms with Crippen LogP contribution in [0.25, 0.3) is 0 Å². The number of aryl methyl sites for hydroxylation is 1. The molecule has 0 bridgehead atoms. The third-order valence-electron chi connectivity index (χ3n) is 4.45. The van der Waals surface area contributed by atoms with Gasteiger partial charge in [-0.25, -0.2) is 0 Å². The van der Waals surface area contributed by atoms with Crippen molar-refractivity contribution in [2.75, 3.05) is 26.2 Å². The fourth-order valence-electron chi connectivity index (χ4n) is 3.48. The van der Waals surface area contributed by atoms with E-state index in [2.05, 4.69) is 41.4 Å². The van der Waals surface area contributed by atoms with Crippen molar-refractivity contribution in [2.24, 2.45) is 0 Å². The maximum Gasteiger partial charge on any atom is 0.0166 e. The molecule has 92 valence electrons. The fourth-order valence-corrected chi connectivity index (χ4v) is 3.48. The number of nitrogens with zero attached hydrogens (tertiary/aromatic N) is 1. The van der Waals surface area contributed by atoms with Gasteiger partial charge in [-0.1, -0.05) is 31.2 Å². The molecule has 0 spiro atoms. The van der Waals surface area contributed by atoms with E-state index >= 15 is 0 Å². The first kappa shape index (κ1) is 11.2. The van der Waals surface area contributed by atoms with Crippen LogP contribution in [0.15, 0.2) is 24.3 Å². The molecule has 1 N–H and O–H groups in total. The topological polar surface area (TPSA) is 15.3 Å². The molecule has 2 nitrogen and oxygen atoms in total. The maximum atomic E-state index is 3.45. The van der Waals surface area contributed by atoms with E-state index in [9.17, 15) is 0 Å². The van der Waals surface area contributed by atoms with Crippen molar-refractivity contribution in [1.82, 2.24) is 10.2 Å². The van der Waals surface area contributed by atoms with Crippen molar-refractivity contribution < 1.29 is 0 Å². The molecule has 1 aliphatic carbocycles. The summed E-state index contributed by atoms with van der Waals surface area (Å²) in [6.45, 7) is 7.16. The van der Waals surface area contributed by atoms with Crippen LogP contribution < -0.4 is 5.32 Å². The Morgan fingerprint density at radius 3 is 2.76 bits per heavy atom. The smallest absolute Gasteiger partial charge is 0.0166 e. The van der Waals surface area contributed by atoms with Crippen molar-refractivity contribution >= 4 is 0 Å². The van der Waals surface area contributed by atoms with Crippen molar-refractivity contribution in [3.63, 3.8) is 0 Å². The van der Waals surface area contributed by atoms with E-state index in [1.807, 2.05) is 0 Å². The lowest BCUT2D eigenvalue weighted by molar-refractivity contribution is 0.141. The Kier molecular flexibility index (Phi) is 3.17. The van der Waals surface area contributed by atoms with Gasteiger partial charge in [-0.05, 0) is 29.9 Å². The number of hydrogen-bond acceptors (Lipinski definition) is 2. The summed E-state index contributed by atoms with van der Waals surface area (Å²) >= 11 is 0. The van der Waals surface area contributed by atoms with Crippen LogP contribution in [0.5, 0.6) is 0 Å². The number of piperazine rings is 1. The first-order chi connectivity index (χ1) is 8.36. The quantitative estimate of drug-likeness (QED) is 0.794. The Labute approximate surface area is 104 Å². The Balaban J connectivity index is 1.81. The zero-order chi connectivity index (χ0) is 11.7. The molecule has 2 aliphatic rings. The van der Waals surface area contributed by atoms with Gasteiger partial charge in [-0.2, -0.15) is 0 Å². The van der Waals surface area contributed by atoms with Crippen LogP contribution in [0.4, 0.5) is 0 Å². The molecule has 1 aliphatic heterocycles. The largest absolute Gasteiger partial charge is 0.314 e. The molecule has 1 saturated heterocycles. The van der Waals surface area contributed by atoms with Crippen LogP contribution in [0.2, 0.25) is 0 Å². The zero-order valence-electron chi connectivity index (χ0n) is 10.7. The summed E-state index contributed by atoms with van der Waals surface area (Å²) in [7, 11) is 0. The van der Waals surface area contributed by atoms with Crippen molar-refractivity contribution in [2.45, 2.75) is 31.7 Å². The normalized spacial score (nSPS) is 29.9. The number of rotatable bonds is 1. The van der Waals surface area contributed by atoms with Gasteiger partial charge >= 0.3 is 0 Å². The van der Waals surface area contributed by atoms with Gasteiger partial charge in [-0.15, -0.1) is 0 Å². The van der Waals surface area contributed by atoms with Crippen LogP contribution in [0.1, 0.15) is 30.4 Å². The molecule has 1 aromatic rings. The predicted molar refractivity (Wildman–Crippen MR) is 71.4 cm³/mol. The third-order valence-corrected chi connectivity index (χ3v) is 4.45. The van der Waals surface area contributed by atoms with E-state index < -0.39 is 0 Å². The van der Waals surface area contributed by atoms with E-state index in [0.717, 1.165) is 19.1 Å². The van der Waals surface area contributed by atoms with Crippen LogP contribution in [-0.4, -0.2) is 37.1 Å². The van der Waals surface area contributed by atoms with Gasteiger partial charge in [0.2, 0.25) is 0 Å². The highest BCUT2D eigenvalue weighted by Crippen LogP contribution is 2.34. The molecule has 0 saturated carbocycles. The van der Waals surface area contributed by atoms with Crippen LogP contribution in [0, 0.1) is 0 Å². The number of fused-ring (bicyclic) bond motifs is 1. The van der Waals surface area contributed by atoms with Gasteiger partial charge in [0.15, 0.2) is 0 Å². The van der Waals surface area contributed by atoms with E-state index in [0.29, 0.717) is 5.92 Å². The number of nitrogens with one attached hydrogen (secondary N) is 1. The second kappa shape index (κ2) is 4.79. The van der Waals surface area contributed by atoms with Crippen molar-refractivity contribution in [1.29, 1.82) is 0 Å². The highest BCUT2D eigenvalue weighted by Gasteiger charge is 2.30. The predicted octanol–water partition coefficient (Wildman–Crippen LogP) is 2.01. The van der Waals surface area contributed by atoms with Crippen LogP contribution in [0.3, 0.4) is 0 Å². The minimum atomic E-state index is 0.693. The average Bonchev–Trinajstić information content (AvgIpc) is 2.40. The number of benzene rings is 1. The summed E-state index contributed by atoms with van der Waals surface area (Å²) in [4.78, 5) is 2.69. The molecule has 0 unspecified atom stereocenters. The minimum absolute atomic E-state index is 0.693. The molecule has 2 heteroatoms. The minimum Gasteiger partial charge on any atom is -0.314 e. The molecular formula is C15H22N2. The van der Waals surface area contributed by atoms with Crippen LogP contribution >= 0.6 is 0 Å². The van der Waals surface area contributed by atoms with Gasteiger partial charge in [0.25, 0.3) is 0 Å². The Hall–Kier alpha value is -0.860. The second-order valence-corrected chi connectivity index (χ2v) is 5.38. The molecule has 0 aromatic heterocycles. The standard InChI is InChI=1S/C15H22N2/c1-12-14-5-3-2-4-13(14)6-7-15(12)17-10-8-16-9-11-17/h2-5,12,15-16H,6-11H2,1H3/t12-,15+/m1/s1. The number of hydrogen-bond donors (Lipinski definition) is 1. The van der Waals surface area contributed by atoms with E-state index in [1.54, 1.807) is 11.1 Å². The van der Waals surface area contributed by atoms with E-state index in [4.69, 9.17) is 0 Å². The summed E-state index contributed by atoms with van der Waals surface area (Å²) in [6, 6.07) is 9.76. The van der Waals surface area contributed by atoms with Crippen LogP contribution in [-0.2, 0) is 6.42 Å². The monoisotopic (exact) mass is 230 g/mol. The molecular weight excluding hydrogens is 208 g/mol. The summed E-state index contributed by atoms with van der Waals surface area (Å²) < 4.78 is 0. The van der Waals surface area contributed by atoms with Crippen molar-refractivity contribution in [3.8, 4) is 0 Å². The molecule has 1 aromatic carbocycles. The molecule has 1 heterocycles.